The number of hydrogen-bond donors (Lipinski definition) is 1. The Morgan fingerprint density at radius 1 is 1.11 bits per heavy atom. The number of likely N-dealkylation sites (tertiary alicyclic amines) is 1. The summed E-state index contributed by atoms with van der Waals surface area (Å²) in [5, 5.41) is 0. The molecule has 3 rings (SSSR count). The van der Waals surface area contributed by atoms with Gasteiger partial charge in [0.2, 0.25) is 10.0 Å². The van der Waals surface area contributed by atoms with Gasteiger partial charge in [-0.15, -0.1) is 0 Å². The van der Waals surface area contributed by atoms with E-state index in [1.165, 1.54) is 0 Å². The molecule has 0 aliphatic carbocycles. The summed E-state index contributed by atoms with van der Waals surface area (Å²) in [5.74, 6) is 0.655. The Bertz CT molecular complexity index is 753. The molecule has 3 atom stereocenters. The van der Waals surface area contributed by atoms with Crippen molar-refractivity contribution in [3.8, 4) is 0 Å². The second kappa shape index (κ2) is 8.29. The van der Waals surface area contributed by atoms with Crippen molar-refractivity contribution in [2.24, 2.45) is 17.6 Å². The van der Waals surface area contributed by atoms with E-state index in [1.807, 2.05) is 4.90 Å². The monoisotopic (exact) mass is 393 g/mol. The molecule has 2 N–H and O–H groups in total. The Morgan fingerprint density at radius 2 is 1.74 bits per heavy atom. The fourth-order valence-corrected chi connectivity index (χ4v) is 6.08. The van der Waals surface area contributed by atoms with E-state index in [-0.39, 0.29) is 16.8 Å². The third-order valence-corrected chi connectivity index (χ3v) is 7.58. The summed E-state index contributed by atoms with van der Waals surface area (Å²) in [5.41, 5.74) is 6.34. The molecule has 2 fully saturated rings. The lowest BCUT2D eigenvalue weighted by atomic mass is 9.94. The maximum atomic E-state index is 13.0. The number of hydrogen-bond acceptors (Lipinski definition) is 4. The van der Waals surface area contributed by atoms with Crippen LogP contribution in [0, 0.1) is 11.8 Å². The number of amides is 1. The largest absolute Gasteiger partial charge is 0.334 e. The van der Waals surface area contributed by atoms with Gasteiger partial charge in [-0.25, -0.2) is 8.42 Å². The predicted molar refractivity (Wildman–Crippen MR) is 106 cm³/mol. The molecule has 1 aromatic carbocycles. The molecule has 0 saturated carbocycles. The van der Waals surface area contributed by atoms with Gasteiger partial charge in [-0.2, -0.15) is 4.31 Å². The average Bonchev–Trinajstić information content (AvgIpc) is 2.66. The molecule has 6 nitrogen and oxygen atoms in total. The topological polar surface area (TPSA) is 83.7 Å². The highest BCUT2D eigenvalue weighted by molar-refractivity contribution is 7.89. The second-order valence-electron chi connectivity index (χ2n) is 8.18. The summed E-state index contributed by atoms with van der Waals surface area (Å²) in [7, 11) is -3.52. The number of sulfonamides is 1. The summed E-state index contributed by atoms with van der Waals surface area (Å²) in [6.45, 7) is 6.46. The van der Waals surface area contributed by atoms with Gasteiger partial charge in [-0.05, 0) is 61.8 Å². The van der Waals surface area contributed by atoms with E-state index in [0.717, 1.165) is 25.7 Å². The minimum absolute atomic E-state index is 0.0608. The van der Waals surface area contributed by atoms with Gasteiger partial charge >= 0.3 is 0 Å². The molecule has 2 aliphatic rings. The van der Waals surface area contributed by atoms with Crippen molar-refractivity contribution < 1.29 is 13.2 Å². The Kier molecular flexibility index (Phi) is 6.23. The molecule has 1 amide bonds. The summed E-state index contributed by atoms with van der Waals surface area (Å²) >= 11 is 0. The lowest BCUT2D eigenvalue weighted by Gasteiger charge is -2.35. The molecule has 3 unspecified atom stereocenters. The van der Waals surface area contributed by atoms with E-state index in [4.69, 9.17) is 5.73 Å². The highest BCUT2D eigenvalue weighted by atomic mass is 32.2. The van der Waals surface area contributed by atoms with Crippen LogP contribution >= 0.6 is 0 Å². The minimum atomic E-state index is -3.52. The van der Waals surface area contributed by atoms with Crippen LogP contribution in [0.1, 0.15) is 49.9 Å². The van der Waals surface area contributed by atoms with Crippen molar-refractivity contribution >= 4 is 15.9 Å². The Labute approximate surface area is 162 Å². The highest BCUT2D eigenvalue weighted by Crippen LogP contribution is 2.27. The van der Waals surface area contributed by atoms with Gasteiger partial charge in [-0.3, -0.25) is 4.79 Å². The molecular formula is C20H31N3O3S. The molecule has 2 aliphatic heterocycles. The van der Waals surface area contributed by atoms with Crippen molar-refractivity contribution in [1.29, 1.82) is 0 Å². The van der Waals surface area contributed by atoms with Crippen molar-refractivity contribution in [2.75, 3.05) is 26.2 Å². The van der Waals surface area contributed by atoms with Gasteiger partial charge in [-0.1, -0.05) is 13.8 Å². The number of nitrogens with two attached hydrogens (primary N) is 1. The zero-order valence-electron chi connectivity index (χ0n) is 16.3. The van der Waals surface area contributed by atoms with Gasteiger partial charge in [0.25, 0.3) is 5.91 Å². The van der Waals surface area contributed by atoms with Gasteiger partial charge in [0, 0.05) is 37.8 Å². The molecule has 2 heterocycles. The third-order valence-electron chi connectivity index (χ3n) is 5.73. The second-order valence-corrected chi connectivity index (χ2v) is 10.1. The molecule has 1 aromatic rings. The van der Waals surface area contributed by atoms with E-state index in [2.05, 4.69) is 13.8 Å². The smallest absolute Gasteiger partial charge is 0.254 e. The van der Waals surface area contributed by atoms with Crippen molar-refractivity contribution in [2.45, 2.75) is 50.5 Å². The zero-order valence-corrected chi connectivity index (χ0v) is 17.1. The van der Waals surface area contributed by atoms with E-state index < -0.39 is 10.0 Å². The molecule has 0 spiro atoms. The number of carbonyl (C=O) groups excluding carboxylic acids is 1. The van der Waals surface area contributed by atoms with Crippen LogP contribution in [0.15, 0.2) is 29.2 Å². The standard InChI is InChI=1S/C20H31N3O3S/c1-15-11-16(2)14-22(13-15)27(25,26)19-8-6-17(7-9-19)20(24)23-10-4-3-5-18(23)12-21/h6-9,15-16,18H,3-5,10-14,21H2,1-2H3. The zero-order chi connectivity index (χ0) is 19.6. The summed E-state index contributed by atoms with van der Waals surface area (Å²) in [6, 6.07) is 6.47. The van der Waals surface area contributed by atoms with E-state index in [1.54, 1.807) is 28.6 Å². The molecular weight excluding hydrogens is 362 g/mol. The Morgan fingerprint density at radius 3 is 2.33 bits per heavy atom. The number of rotatable bonds is 4. The number of nitrogens with zero attached hydrogens (tertiary/aromatic N) is 2. The maximum absolute atomic E-state index is 13.0. The van der Waals surface area contributed by atoms with Crippen molar-refractivity contribution in [3.63, 3.8) is 0 Å². The predicted octanol–water partition coefficient (Wildman–Crippen LogP) is 2.31. The summed E-state index contributed by atoms with van der Waals surface area (Å²) in [6.07, 6.45) is 4.06. The average molecular weight is 394 g/mol. The fraction of sp³-hybridized carbons (Fsp3) is 0.650. The van der Waals surface area contributed by atoms with Crippen LogP contribution in [0.2, 0.25) is 0 Å². The van der Waals surface area contributed by atoms with Crippen LogP contribution in [0.25, 0.3) is 0 Å². The van der Waals surface area contributed by atoms with Gasteiger partial charge in [0.1, 0.15) is 0 Å². The highest BCUT2D eigenvalue weighted by Gasteiger charge is 2.32. The first-order chi connectivity index (χ1) is 12.8. The third kappa shape index (κ3) is 4.36. The van der Waals surface area contributed by atoms with Crippen LogP contribution in [0.3, 0.4) is 0 Å². The number of piperidine rings is 2. The molecule has 0 bridgehead atoms. The van der Waals surface area contributed by atoms with Gasteiger partial charge in [0.05, 0.1) is 4.90 Å². The van der Waals surface area contributed by atoms with Crippen LogP contribution in [0.5, 0.6) is 0 Å². The first-order valence-corrected chi connectivity index (χ1v) is 11.4. The molecule has 2 saturated heterocycles. The lowest BCUT2D eigenvalue weighted by Crippen LogP contribution is -2.47. The summed E-state index contributed by atoms with van der Waals surface area (Å²) < 4.78 is 27.5. The van der Waals surface area contributed by atoms with E-state index >= 15 is 0 Å². The summed E-state index contributed by atoms with van der Waals surface area (Å²) in [4.78, 5) is 14.9. The van der Waals surface area contributed by atoms with Crippen LogP contribution in [0.4, 0.5) is 0 Å². The minimum Gasteiger partial charge on any atom is -0.334 e. The molecule has 0 radical (unpaired) electrons. The van der Waals surface area contributed by atoms with Crippen LogP contribution in [-0.2, 0) is 10.0 Å². The first-order valence-electron chi connectivity index (χ1n) is 9.94. The SMILES string of the molecule is CC1CC(C)CN(S(=O)(=O)c2ccc(C(=O)N3CCCCC3CN)cc2)C1. The van der Waals surface area contributed by atoms with E-state index in [0.29, 0.717) is 43.6 Å². The maximum Gasteiger partial charge on any atom is 0.254 e. The molecule has 27 heavy (non-hydrogen) atoms. The molecule has 0 aromatic heterocycles. The van der Waals surface area contributed by atoms with Crippen molar-refractivity contribution in [1.82, 2.24) is 9.21 Å². The Balaban J connectivity index is 1.77. The molecule has 150 valence electrons. The van der Waals surface area contributed by atoms with Gasteiger partial charge < -0.3 is 10.6 Å². The Hall–Kier alpha value is -1.44. The van der Waals surface area contributed by atoms with Crippen LogP contribution in [-0.4, -0.2) is 55.8 Å². The first kappa shape index (κ1) is 20.3. The quantitative estimate of drug-likeness (QED) is 0.851. The lowest BCUT2D eigenvalue weighted by molar-refractivity contribution is 0.0623. The normalized spacial score (nSPS) is 27.5. The van der Waals surface area contributed by atoms with E-state index in [9.17, 15) is 13.2 Å². The molecule has 7 heteroatoms. The van der Waals surface area contributed by atoms with Crippen molar-refractivity contribution in [3.05, 3.63) is 29.8 Å². The fourth-order valence-electron chi connectivity index (χ4n) is 4.40. The number of benzene rings is 1. The van der Waals surface area contributed by atoms with Crippen LogP contribution < -0.4 is 5.73 Å². The van der Waals surface area contributed by atoms with Gasteiger partial charge in [0.15, 0.2) is 0 Å². The number of carbonyl (C=O) groups is 1.